The van der Waals surface area contributed by atoms with Crippen LogP contribution in [0.5, 0.6) is 0 Å². The van der Waals surface area contributed by atoms with E-state index in [9.17, 15) is 0 Å². The summed E-state index contributed by atoms with van der Waals surface area (Å²) in [7, 11) is 1.66. The van der Waals surface area contributed by atoms with Crippen molar-refractivity contribution in [3.8, 4) is 0 Å². The molecular formula is C11H15ClN2OS2. The molecule has 1 fully saturated rings. The van der Waals surface area contributed by atoms with Gasteiger partial charge in [-0.15, -0.1) is 11.8 Å². The van der Waals surface area contributed by atoms with Crippen molar-refractivity contribution in [2.45, 2.75) is 24.0 Å². The second kappa shape index (κ2) is 6.27. The first-order valence-corrected chi connectivity index (χ1v) is 7.93. The van der Waals surface area contributed by atoms with E-state index in [2.05, 4.69) is 16.9 Å². The predicted octanol–water partition coefficient (Wildman–Crippen LogP) is 3.19. The minimum Gasteiger partial charge on any atom is -0.378 e. The number of hydrogen-bond acceptors (Lipinski definition) is 5. The quantitative estimate of drug-likeness (QED) is 0.799. The summed E-state index contributed by atoms with van der Waals surface area (Å²) < 4.78 is 5.09. The molecule has 0 amide bonds. The lowest BCUT2D eigenvalue weighted by atomic mass is 10.3. The molecule has 1 saturated heterocycles. The van der Waals surface area contributed by atoms with Gasteiger partial charge in [0.15, 0.2) is 0 Å². The van der Waals surface area contributed by atoms with E-state index in [1.54, 1.807) is 13.2 Å². The largest absolute Gasteiger partial charge is 0.378 e. The van der Waals surface area contributed by atoms with Crippen molar-refractivity contribution in [2.24, 2.45) is 0 Å². The van der Waals surface area contributed by atoms with Crippen molar-refractivity contribution < 1.29 is 4.74 Å². The molecule has 1 aromatic heterocycles. The molecule has 0 radical (unpaired) electrons. The van der Waals surface area contributed by atoms with Gasteiger partial charge in [0.2, 0.25) is 0 Å². The van der Waals surface area contributed by atoms with Gasteiger partial charge in [0.25, 0.3) is 0 Å². The molecule has 0 saturated carbocycles. The number of ether oxygens (including phenoxy) is 1. The van der Waals surface area contributed by atoms with Gasteiger partial charge in [-0.25, -0.2) is 9.97 Å². The number of methoxy groups -OCH3 is 1. The van der Waals surface area contributed by atoms with Crippen LogP contribution in [0.15, 0.2) is 6.07 Å². The first-order chi connectivity index (χ1) is 8.20. The van der Waals surface area contributed by atoms with Crippen LogP contribution in [0.1, 0.15) is 23.7 Å². The first-order valence-electron chi connectivity index (χ1n) is 5.46. The van der Waals surface area contributed by atoms with Crippen LogP contribution in [0.4, 0.5) is 0 Å². The maximum absolute atomic E-state index is 6.03. The molecular weight excluding hydrogens is 276 g/mol. The van der Waals surface area contributed by atoms with Crippen molar-refractivity contribution in [1.82, 2.24) is 9.97 Å². The zero-order valence-electron chi connectivity index (χ0n) is 9.85. The number of hydrogen-bond donors (Lipinski definition) is 0. The Balaban J connectivity index is 2.24. The third kappa shape index (κ3) is 3.50. The van der Waals surface area contributed by atoms with Gasteiger partial charge in [-0.05, 0) is 6.07 Å². The van der Waals surface area contributed by atoms with Crippen LogP contribution in [0, 0.1) is 0 Å². The summed E-state index contributed by atoms with van der Waals surface area (Å²) in [5, 5.41) is 1.37. The number of thioether (sulfide) groups is 2. The van der Waals surface area contributed by atoms with Gasteiger partial charge in [-0.2, -0.15) is 11.8 Å². The Labute approximate surface area is 115 Å². The van der Waals surface area contributed by atoms with E-state index in [1.165, 1.54) is 5.75 Å². The van der Waals surface area contributed by atoms with Crippen molar-refractivity contribution in [3.05, 3.63) is 22.7 Å². The van der Waals surface area contributed by atoms with Crippen molar-refractivity contribution in [3.63, 3.8) is 0 Å². The van der Waals surface area contributed by atoms with Gasteiger partial charge in [0.1, 0.15) is 11.0 Å². The predicted molar refractivity (Wildman–Crippen MR) is 74.9 cm³/mol. The van der Waals surface area contributed by atoms with Gasteiger partial charge in [-0.3, -0.25) is 0 Å². The Morgan fingerprint density at radius 2 is 2.18 bits per heavy atom. The van der Waals surface area contributed by atoms with Crippen LogP contribution in [-0.4, -0.2) is 33.8 Å². The molecule has 94 valence electrons. The van der Waals surface area contributed by atoms with Crippen LogP contribution in [0.3, 0.4) is 0 Å². The van der Waals surface area contributed by atoms with Gasteiger partial charge < -0.3 is 4.74 Å². The average Bonchev–Trinajstić information content (AvgIpc) is 2.29. The minimum absolute atomic E-state index is 0.336. The second-order valence-electron chi connectivity index (χ2n) is 3.84. The van der Waals surface area contributed by atoms with Gasteiger partial charge in [-0.1, -0.05) is 18.5 Å². The zero-order chi connectivity index (χ0) is 12.3. The summed E-state index contributed by atoms with van der Waals surface area (Å²) in [6.07, 6.45) is 0. The monoisotopic (exact) mass is 290 g/mol. The van der Waals surface area contributed by atoms with Crippen molar-refractivity contribution >= 4 is 35.1 Å². The molecule has 2 rings (SSSR count). The number of rotatable bonds is 3. The fourth-order valence-corrected chi connectivity index (χ4v) is 4.65. The molecule has 0 N–H and O–H groups in total. The van der Waals surface area contributed by atoms with E-state index >= 15 is 0 Å². The molecule has 0 bridgehead atoms. The average molecular weight is 291 g/mol. The highest BCUT2D eigenvalue weighted by molar-refractivity contribution is 8.06. The van der Waals surface area contributed by atoms with Crippen LogP contribution in [0.25, 0.3) is 0 Å². The number of halogens is 1. The maximum atomic E-state index is 6.03. The Hall–Kier alpha value is 0.0300. The van der Waals surface area contributed by atoms with Crippen LogP contribution >= 0.6 is 35.1 Å². The highest BCUT2D eigenvalue weighted by Crippen LogP contribution is 2.41. The standard InChI is InChI=1S/C11H15ClN2OS2/c1-7-10(17-4-3-16-7)11-13-8(6-15-2)5-9(12)14-11/h5,7,10H,3-4,6H2,1-2H3. The molecule has 0 aromatic carbocycles. The highest BCUT2D eigenvalue weighted by atomic mass is 35.5. The van der Waals surface area contributed by atoms with E-state index in [4.69, 9.17) is 16.3 Å². The third-order valence-corrected chi connectivity index (χ3v) is 5.78. The van der Waals surface area contributed by atoms with Gasteiger partial charge in [0.05, 0.1) is 17.6 Å². The van der Waals surface area contributed by atoms with Crippen LogP contribution < -0.4 is 0 Å². The Bertz CT molecular complexity index is 392. The summed E-state index contributed by atoms with van der Waals surface area (Å²) in [5.41, 5.74) is 0.853. The van der Waals surface area contributed by atoms with Gasteiger partial charge in [0, 0.05) is 23.9 Å². The van der Waals surface area contributed by atoms with E-state index in [-0.39, 0.29) is 0 Å². The summed E-state index contributed by atoms with van der Waals surface area (Å²) in [4.78, 5) is 8.90. The van der Waals surface area contributed by atoms with Gasteiger partial charge >= 0.3 is 0 Å². The van der Waals surface area contributed by atoms with Crippen molar-refractivity contribution in [2.75, 3.05) is 18.6 Å². The Morgan fingerprint density at radius 3 is 2.88 bits per heavy atom. The Morgan fingerprint density at radius 1 is 1.41 bits per heavy atom. The smallest absolute Gasteiger partial charge is 0.144 e. The topological polar surface area (TPSA) is 35.0 Å². The fraction of sp³-hybridized carbons (Fsp3) is 0.636. The summed E-state index contributed by atoms with van der Waals surface area (Å²) in [6, 6.07) is 1.76. The summed E-state index contributed by atoms with van der Waals surface area (Å²) in [5.74, 6) is 3.19. The first kappa shape index (κ1) is 13.5. The number of nitrogens with zero attached hydrogens (tertiary/aromatic N) is 2. The molecule has 2 heterocycles. The molecule has 1 aliphatic heterocycles. The zero-order valence-corrected chi connectivity index (χ0v) is 12.2. The van der Waals surface area contributed by atoms with E-state index < -0.39 is 0 Å². The lowest BCUT2D eigenvalue weighted by molar-refractivity contribution is 0.181. The second-order valence-corrected chi connectivity index (χ2v) is 6.96. The van der Waals surface area contributed by atoms with E-state index in [0.717, 1.165) is 17.3 Å². The molecule has 3 nitrogen and oxygen atoms in total. The molecule has 0 spiro atoms. The number of aromatic nitrogens is 2. The van der Waals surface area contributed by atoms with Crippen molar-refractivity contribution in [1.29, 1.82) is 0 Å². The fourth-order valence-electron chi connectivity index (χ4n) is 1.75. The molecule has 17 heavy (non-hydrogen) atoms. The minimum atomic E-state index is 0.336. The highest BCUT2D eigenvalue weighted by Gasteiger charge is 2.27. The maximum Gasteiger partial charge on any atom is 0.144 e. The normalized spacial score (nSPS) is 24.9. The lowest BCUT2D eigenvalue weighted by Crippen LogP contribution is -2.18. The summed E-state index contributed by atoms with van der Waals surface area (Å²) in [6.45, 7) is 2.70. The lowest BCUT2D eigenvalue weighted by Gasteiger charge is -2.26. The molecule has 6 heteroatoms. The SMILES string of the molecule is COCc1cc(Cl)nc(C2SCCSC2C)n1. The van der Waals surface area contributed by atoms with E-state index in [0.29, 0.717) is 22.3 Å². The molecule has 1 aliphatic rings. The molecule has 2 atom stereocenters. The third-order valence-electron chi connectivity index (χ3n) is 2.50. The molecule has 1 aromatic rings. The van der Waals surface area contributed by atoms with E-state index in [1.807, 2.05) is 23.5 Å². The van der Waals surface area contributed by atoms with Crippen LogP contribution in [0.2, 0.25) is 5.15 Å². The molecule has 0 aliphatic carbocycles. The summed E-state index contributed by atoms with van der Waals surface area (Å²) >= 11 is 9.92. The molecule has 2 unspecified atom stereocenters. The van der Waals surface area contributed by atoms with Crippen LogP contribution in [-0.2, 0) is 11.3 Å². The Kier molecular flexibility index (Phi) is 4.97.